The molecule has 2 nitrogen and oxygen atoms in total. The molecule has 0 bridgehead atoms. The summed E-state index contributed by atoms with van der Waals surface area (Å²) in [6.07, 6.45) is 7.77. The summed E-state index contributed by atoms with van der Waals surface area (Å²) >= 11 is 0. The van der Waals surface area contributed by atoms with Gasteiger partial charge in [0, 0.05) is 13.7 Å². The first-order valence-electron chi connectivity index (χ1n) is 5.68. The smallest absolute Gasteiger partial charge is 0.0587 e. The highest BCUT2D eigenvalue weighted by Crippen LogP contribution is 2.34. The molecule has 0 unspecified atom stereocenters. The highest BCUT2D eigenvalue weighted by Gasteiger charge is 2.20. The van der Waals surface area contributed by atoms with Crippen LogP contribution < -0.4 is 5.32 Å². The number of hydrogen-bond donors (Lipinski definition) is 1. The summed E-state index contributed by atoms with van der Waals surface area (Å²) in [4.78, 5) is 0. The van der Waals surface area contributed by atoms with E-state index in [1.165, 1.54) is 19.3 Å². The van der Waals surface area contributed by atoms with Gasteiger partial charge < -0.3 is 10.1 Å². The van der Waals surface area contributed by atoms with Crippen LogP contribution in [0.25, 0.3) is 0 Å². The highest BCUT2D eigenvalue weighted by atomic mass is 16.5. The Labute approximate surface area is 87.7 Å². The standard InChI is InChI=1S/C12H23NO/c1-11(10-12-5-6-12)4-3-7-13-8-9-14-2/h4,12-13H,3,5-10H2,1-2H3. The summed E-state index contributed by atoms with van der Waals surface area (Å²) in [6.45, 7) is 5.11. The monoisotopic (exact) mass is 197 g/mol. The molecule has 0 radical (unpaired) electrons. The van der Waals surface area contributed by atoms with Crippen molar-refractivity contribution < 1.29 is 4.74 Å². The lowest BCUT2D eigenvalue weighted by atomic mass is 10.1. The second-order valence-electron chi connectivity index (χ2n) is 4.23. The molecule has 0 aromatic carbocycles. The first-order chi connectivity index (χ1) is 6.83. The Morgan fingerprint density at radius 2 is 2.21 bits per heavy atom. The Balaban J connectivity index is 1.89. The number of allylic oxidation sites excluding steroid dienone is 1. The molecule has 1 N–H and O–H groups in total. The molecule has 0 aliphatic heterocycles. The summed E-state index contributed by atoms with van der Waals surface area (Å²) in [5.74, 6) is 1.02. The fraction of sp³-hybridized carbons (Fsp3) is 0.833. The minimum Gasteiger partial charge on any atom is -0.383 e. The molecule has 0 aromatic heterocycles. The van der Waals surface area contributed by atoms with Crippen LogP contribution in [0, 0.1) is 5.92 Å². The van der Waals surface area contributed by atoms with Gasteiger partial charge in [-0.05, 0) is 45.1 Å². The summed E-state index contributed by atoms with van der Waals surface area (Å²) in [5, 5.41) is 3.34. The largest absolute Gasteiger partial charge is 0.383 e. The van der Waals surface area contributed by atoms with Crippen LogP contribution in [-0.2, 0) is 4.74 Å². The molecule has 82 valence electrons. The van der Waals surface area contributed by atoms with E-state index in [1.807, 2.05) is 0 Å². The first-order valence-corrected chi connectivity index (χ1v) is 5.68. The zero-order valence-electron chi connectivity index (χ0n) is 9.51. The maximum Gasteiger partial charge on any atom is 0.0587 e. The predicted octanol–water partition coefficient (Wildman–Crippen LogP) is 2.36. The van der Waals surface area contributed by atoms with E-state index in [-0.39, 0.29) is 0 Å². The van der Waals surface area contributed by atoms with E-state index < -0.39 is 0 Å². The third kappa shape index (κ3) is 6.17. The van der Waals surface area contributed by atoms with E-state index >= 15 is 0 Å². The summed E-state index contributed by atoms with van der Waals surface area (Å²) in [5.41, 5.74) is 1.57. The van der Waals surface area contributed by atoms with E-state index in [0.717, 1.165) is 32.0 Å². The van der Waals surface area contributed by atoms with Crippen molar-refractivity contribution >= 4 is 0 Å². The molecule has 1 aliphatic rings. The minimum absolute atomic E-state index is 0.810. The average molecular weight is 197 g/mol. The Kier molecular flexibility index (Phi) is 5.88. The van der Waals surface area contributed by atoms with Gasteiger partial charge in [0.1, 0.15) is 0 Å². The quantitative estimate of drug-likeness (QED) is 0.476. The number of methoxy groups -OCH3 is 1. The molecule has 0 heterocycles. The van der Waals surface area contributed by atoms with Gasteiger partial charge in [-0.3, -0.25) is 0 Å². The van der Waals surface area contributed by atoms with Crippen molar-refractivity contribution in [3.63, 3.8) is 0 Å². The van der Waals surface area contributed by atoms with Crippen molar-refractivity contribution in [1.82, 2.24) is 5.32 Å². The van der Waals surface area contributed by atoms with Crippen LogP contribution in [0.4, 0.5) is 0 Å². The fourth-order valence-corrected chi connectivity index (χ4v) is 1.58. The van der Waals surface area contributed by atoms with Crippen molar-refractivity contribution in [3.05, 3.63) is 11.6 Å². The first kappa shape index (κ1) is 11.7. The maximum absolute atomic E-state index is 4.95. The molecule has 0 amide bonds. The van der Waals surface area contributed by atoms with Gasteiger partial charge in [0.15, 0.2) is 0 Å². The van der Waals surface area contributed by atoms with E-state index in [2.05, 4.69) is 18.3 Å². The third-order valence-corrected chi connectivity index (χ3v) is 2.60. The molecule has 0 atom stereocenters. The molecule has 1 rings (SSSR count). The maximum atomic E-state index is 4.95. The summed E-state index contributed by atoms with van der Waals surface area (Å²) in [6, 6.07) is 0. The van der Waals surface area contributed by atoms with Crippen molar-refractivity contribution in [2.75, 3.05) is 26.8 Å². The van der Waals surface area contributed by atoms with Gasteiger partial charge in [0.25, 0.3) is 0 Å². The molecule has 1 aliphatic carbocycles. The molecule has 1 fully saturated rings. The summed E-state index contributed by atoms with van der Waals surface area (Å²) in [7, 11) is 1.74. The third-order valence-electron chi connectivity index (χ3n) is 2.60. The zero-order valence-corrected chi connectivity index (χ0v) is 9.51. The van der Waals surface area contributed by atoms with E-state index in [4.69, 9.17) is 4.74 Å². The van der Waals surface area contributed by atoms with Crippen LogP contribution in [0.2, 0.25) is 0 Å². The second-order valence-corrected chi connectivity index (χ2v) is 4.23. The van der Waals surface area contributed by atoms with Crippen molar-refractivity contribution in [3.8, 4) is 0 Å². The molecule has 0 aromatic rings. The van der Waals surface area contributed by atoms with Crippen molar-refractivity contribution in [2.24, 2.45) is 5.92 Å². The van der Waals surface area contributed by atoms with Crippen LogP contribution >= 0.6 is 0 Å². The SMILES string of the molecule is COCCNCCC=C(C)CC1CC1. The lowest BCUT2D eigenvalue weighted by Gasteiger charge is -2.02. The minimum atomic E-state index is 0.810. The van der Waals surface area contributed by atoms with E-state index in [9.17, 15) is 0 Å². The molecule has 2 heteroatoms. The molecule has 14 heavy (non-hydrogen) atoms. The van der Waals surface area contributed by atoms with E-state index in [0.29, 0.717) is 0 Å². The lowest BCUT2D eigenvalue weighted by Crippen LogP contribution is -2.19. The average Bonchev–Trinajstić information content (AvgIpc) is 2.95. The van der Waals surface area contributed by atoms with Gasteiger partial charge in [0.05, 0.1) is 6.61 Å². The number of ether oxygens (including phenoxy) is 1. The normalized spacial score (nSPS) is 17.4. The lowest BCUT2D eigenvalue weighted by molar-refractivity contribution is 0.199. The number of hydrogen-bond acceptors (Lipinski definition) is 2. The number of nitrogens with one attached hydrogen (secondary N) is 1. The van der Waals surface area contributed by atoms with Crippen LogP contribution in [0.5, 0.6) is 0 Å². The predicted molar refractivity (Wildman–Crippen MR) is 60.5 cm³/mol. The Morgan fingerprint density at radius 3 is 2.86 bits per heavy atom. The number of rotatable bonds is 8. The van der Waals surface area contributed by atoms with Crippen LogP contribution in [0.1, 0.15) is 32.6 Å². The second kappa shape index (κ2) is 7.02. The fourth-order valence-electron chi connectivity index (χ4n) is 1.58. The van der Waals surface area contributed by atoms with Gasteiger partial charge in [-0.15, -0.1) is 0 Å². The topological polar surface area (TPSA) is 21.3 Å². The molecular formula is C12H23NO. The summed E-state index contributed by atoms with van der Waals surface area (Å²) < 4.78 is 4.95. The van der Waals surface area contributed by atoms with Gasteiger partial charge in [-0.1, -0.05) is 11.6 Å². The molecule has 1 saturated carbocycles. The zero-order chi connectivity index (χ0) is 10.2. The van der Waals surface area contributed by atoms with Gasteiger partial charge in [-0.25, -0.2) is 0 Å². The highest BCUT2D eigenvalue weighted by molar-refractivity contribution is 5.01. The Bertz CT molecular complexity index is 173. The van der Waals surface area contributed by atoms with Gasteiger partial charge in [0.2, 0.25) is 0 Å². The Morgan fingerprint density at radius 1 is 1.43 bits per heavy atom. The van der Waals surface area contributed by atoms with Crippen molar-refractivity contribution in [2.45, 2.75) is 32.6 Å². The van der Waals surface area contributed by atoms with Gasteiger partial charge >= 0.3 is 0 Å². The van der Waals surface area contributed by atoms with Crippen LogP contribution in [0.15, 0.2) is 11.6 Å². The molecular weight excluding hydrogens is 174 g/mol. The van der Waals surface area contributed by atoms with Crippen LogP contribution in [0.3, 0.4) is 0 Å². The molecule has 0 saturated heterocycles. The van der Waals surface area contributed by atoms with E-state index in [1.54, 1.807) is 12.7 Å². The van der Waals surface area contributed by atoms with Crippen LogP contribution in [-0.4, -0.2) is 26.8 Å². The van der Waals surface area contributed by atoms with Gasteiger partial charge in [-0.2, -0.15) is 0 Å². The molecule has 0 spiro atoms. The van der Waals surface area contributed by atoms with Crippen molar-refractivity contribution in [1.29, 1.82) is 0 Å². The Hall–Kier alpha value is -0.340.